The van der Waals surface area contributed by atoms with Gasteiger partial charge in [-0.05, 0) is 44.9 Å². The van der Waals surface area contributed by atoms with Crippen LogP contribution in [0.5, 0.6) is 11.5 Å². The predicted molar refractivity (Wildman–Crippen MR) is 90.6 cm³/mol. The van der Waals surface area contributed by atoms with Gasteiger partial charge in [0, 0.05) is 13.0 Å². The van der Waals surface area contributed by atoms with E-state index < -0.39 is 5.97 Å². The summed E-state index contributed by atoms with van der Waals surface area (Å²) in [5, 5.41) is 14.0. The third kappa shape index (κ3) is 6.76. The van der Waals surface area contributed by atoms with Crippen molar-refractivity contribution in [3.63, 3.8) is 0 Å². The van der Waals surface area contributed by atoms with E-state index in [2.05, 4.69) is 10.6 Å². The summed E-state index contributed by atoms with van der Waals surface area (Å²) < 4.78 is 11.0. The number of nitrogens with one attached hydrogen (secondary N) is 2. The Bertz CT molecular complexity index is 560. The molecular weight excluding hydrogens is 312 g/mol. The summed E-state index contributed by atoms with van der Waals surface area (Å²) in [4.78, 5) is 22.2. The zero-order chi connectivity index (χ0) is 18.1. The van der Waals surface area contributed by atoms with Gasteiger partial charge in [0.05, 0.1) is 19.3 Å². The number of carboxylic acids is 1. The highest BCUT2D eigenvalue weighted by Crippen LogP contribution is 2.31. The monoisotopic (exact) mass is 338 g/mol. The molecule has 0 radical (unpaired) electrons. The zero-order valence-corrected chi connectivity index (χ0v) is 14.6. The van der Waals surface area contributed by atoms with Gasteiger partial charge in [0.1, 0.15) is 0 Å². The molecule has 0 aliphatic carbocycles. The normalized spacial score (nSPS) is 11.7. The molecule has 1 aromatic rings. The largest absolute Gasteiger partial charge is 0.493 e. The lowest BCUT2D eigenvalue weighted by Crippen LogP contribution is -2.37. The first-order valence-corrected chi connectivity index (χ1v) is 7.94. The maximum absolute atomic E-state index is 11.8. The van der Waals surface area contributed by atoms with E-state index in [1.807, 2.05) is 39.0 Å². The van der Waals surface area contributed by atoms with Crippen LogP contribution in [0.4, 0.5) is 4.79 Å². The summed E-state index contributed by atoms with van der Waals surface area (Å²) in [7, 11) is 1.57. The van der Waals surface area contributed by atoms with Crippen LogP contribution in [0.3, 0.4) is 0 Å². The number of carboxylic acid groups (broad SMARTS) is 1. The summed E-state index contributed by atoms with van der Waals surface area (Å²) >= 11 is 0. The molecule has 0 saturated heterocycles. The molecule has 7 heteroatoms. The van der Waals surface area contributed by atoms with Gasteiger partial charge in [-0.25, -0.2) is 4.79 Å². The van der Waals surface area contributed by atoms with Crippen molar-refractivity contribution in [2.45, 2.75) is 45.8 Å². The minimum absolute atomic E-state index is 0.0321. The van der Waals surface area contributed by atoms with Crippen molar-refractivity contribution in [3.8, 4) is 11.5 Å². The Labute approximate surface area is 142 Å². The van der Waals surface area contributed by atoms with Crippen LogP contribution in [0.1, 0.15) is 45.2 Å². The van der Waals surface area contributed by atoms with E-state index >= 15 is 0 Å². The van der Waals surface area contributed by atoms with Gasteiger partial charge >= 0.3 is 12.0 Å². The first-order valence-electron chi connectivity index (χ1n) is 7.94. The number of aliphatic carboxylic acids is 1. The number of hydrogen-bond acceptors (Lipinski definition) is 4. The fraction of sp³-hybridized carbons (Fsp3) is 0.529. The standard InChI is InChI=1S/C17H26N2O5/c1-11(2)24-14-8-7-13(10-15(14)23-4)12(3)19-17(22)18-9-5-6-16(20)21/h7-8,10-12H,5-6,9H2,1-4H3,(H,20,21)(H2,18,19,22). The SMILES string of the molecule is COc1cc(C(C)NC(=O)NCCCC(=O)O)ccc1OC(C)C. The Hall–Kier alpha value is -2.44. The van der Waals surface area contributed by atoms with Crippen LogP contribution in [0, 0.1) is 0 Å². The van der Waals surface area contributed by atoms with Gasteiger partial charge in [-0.1, -0.05) is 6.07 Å². The number of hydrogen-bond donors (Lipinski definition) is 3. The van der Waals surface area contributed by atoms with E-state index in [9.17, 15) is 9.59 Å². The van der Waals surface area contributed by atoms with Crippen LogP contribution in [-0.2, 0) is 4.79 Å². The van der Waals surface area contributed by atoms with Crippen LogP contribution >= 0.6 is 0 Å². The Balaban J connectivity index is 2.59. The third-order valence-electron chi connectivity index (χ3n) is 3.25. The van der Waals surface area contributed by atoms with E-state index in [1.54, 1.807) is 7.11 Å². The number of carbonyl (C=O) groups is 2. The van der Waals surface area contributed by atoms with E-state index in [1.165, 1.54) is 0 Å². The van der Waals surface area contributed by atoms with Crippen molar-refractivity contribution >= 4 is 12.0 Å². The number of ether oxygens (including phenoxy) is 2. The predicted octanol–water partition coefficient (Wildman–Crippen LogP) is 2.71. The van der Waals surface area contributed by atoms with Crippen molar-refractivity contribution in [2.75, 3.05) is 13.7 Å². The van der Waals surface area contributed by atoms with Gasteiger partial charge in [0.15, 0.2) is 11.5 Å². The molecular formula is C17H26N2O5. The minimum atomic E-state index is -0.874. The summed E-state index contributed by atoms with van der Waals surface area (Å²) in [6, 6.07) is 4.95. The smallest absolute Gasteiger partial charge is 0.315 e. The molecule has 0 aromatic heterocycles. The third-order valence-corrected chi connectivity index (χ3v) is 3.25. The summed E-state index contributed by atoms with van der Waals surface area (Å²) in [6.07, 6.45) is 0.466. The fourth-order valence-corrected chi connectivity index (χ4v) is 2.08. The van der Waals surface area contributed by atoms with E-state index in [4.69, 9.17) is 14.6 Å². The van der Waals surface area contributed by atoms with Crippen molar-refractivity contribution in [3.05, 3.63) is 23.8 Å². The molecule has 1 atom stereocenters. The Morgan fingerprint density at radius 1 is 1.21 bits per heavy atom. The quantitative estimate of drug-likeness (QED) is 0.602. The molecule has 134 valence electrons. The van der Waals surface area contributed by atoms with Gasteiger partial charge in [-0.3, -0.25) is 4.79 Å². The number of rotatable bonds is 9. The maximum atomic E-state index is 11.8. The lowest BCUT2D eigenvalue weighted by Gasteiger charge is -2.18. The lowest BCUT2D eigenvalue weighted by atomic mass is 10.1. The van der Waals surface area contributed by atoms with Crippen LogP contribution in [0.25, 0.3) is 0 Å². The average Bonchev–Trinajstić information content (AvgIpc) is 2.51. The summed E-state index contributed by atoms with van der Waals surface area (Å²) in [5.74, 6) is 0.389. The lowest BCUT2D eigenvalue weighted by molar-refractivity contribution is -0.137. The molecule has 24 heavy (non-hydrogen) atoms. The van der Waals surface area contributed by atoms with Crippen LogP contribution < -0.4 is 20.1 Å². The van der Waals surface area contributed by atoms with Crippen molar-refractivity contribution in [1.29, 1.82) is 0 Å². The molecule has 0 fully saturated rings. The summed E-state index contributed by atoms with van der Waals surface area (Å²) in [6.45, 7) is 6.04. The first kappa shape index (κ1) is 19.6. The van der Waals surface area contributed by atoms with E-state index in [0.29, 0.717) is 24.5 Å². The van der Waals surface area contributed by atoms with Gasteiger partial charge in [0.2, 0.25) is 0 Å². The topological polar surface area (TPSA) is 96.9 Å². The number of urea groups is 1. The highest BCUT2D eigenvalue weighted by molar-refractivity contribution is 5.74. The molecule has 0 heterocycles. The maximum Gasteiger partial charge on any atom is 0.315 e. The van der Waals surface area contributed by atoms with Crippen LogP contribution in [0.2, 0.25) is 0 Å². The molecule has 0 saturated carbocycles. The molecule has 0 aliphatic heterocycles. The van der Waals surface area contributed by atoms with Gasteiger partial charge in [0.25, 0.3) is 0 Å². The average molecular weight is 338 g/mol. The number of carbonyl (C=O) groups excluding carboxylic acids is 1. The molecule has 7 nitrogen and oxygen atoms in total. The van der Waals surface area contributed by atoms with Gasteiger partial charge in [-0.15, -0.1) is 0 Å². The van der Waals surface area contributed by atoms with E-state index in [-0.39, 0.29) is 24.6 Å². The highest BCUT2D eigenvalue weighted by Gasteiger charge is 2.13. The van der Waals surface area contributed by atoms with Gasteiger partial charge in [-0.2, -0.15) is 0 Å². The molecule has 3 N–H and O–H groups in total. The fourth-order valence-electron chi connectivity index (χ4n) is 2.08. The highest BCUT2D eigenvalue weighted by atomic mass is 16.5. The van der Waals surface area contributed by atoms with Crippen molar-refractivity contribution in [2.24, 2.45) is 0 Å². The van der Waals surface area contributed by atoms with E-state index in [0.717, 1.165) is 5.56 Å². The Morgan fingerprint density at radius 2 is 1.92 bits per heavy atom. The van der Waals surface area contributed by atoms with Crippen LogP contribution in [-0.4, -0.2) is 36.9 Å². The minimum Gasteiger partial charge on any atom is -0.493 e. The second kappa shape index (κ2) is 9.64. The number of benzene rings is 1. The van der Waals surface area contributed by atoms with Crippen LogP contribution in [0.15, 0.2) is 18.2 Å². The first-order chi connectivity index (χ1) is 11.3. The van der Waals surface area contributed by atoms with Crippen molar-refractivity contribution < 1.29 is 24.2 Å². The second-order valence-corrected chi connectivity index (χ2v) is 5.70. The zero-order valence-electron chi connectivity index (χ0n) is 14.6. The number of methoxy groups -OCH3 is 1. The Kier molecular flexibility index (Phi) is 7.88. The molecule has 0 aliphatic rings. The van der Waals surface area contributed by atoms with Gasteiger partial charge < -0.3 is 25.2 Å². The molecule has 2 amide bonds. The van der Waals surface area contributed by atoms with Crippen molar-refractivity contribution in [1.82, 2.24) is 10.6 Å². The molecule has 0 bridgehead atoms. The molecule has 1 aromatic carbocycles. The second-order valence-electron chi connectivity index (χ2n) is 5.70. The molecule has 1 unspecified atom stereocenters. The summed E-state index contributed by atoms with van der Waals surface area (Å²) in [5.41, 5.74) is 0.878. The number of amides is 2. The molecule has 1 rings (SSSR count). The molecule has 0 spiro atoms. The Morgan fingerprint density at radius 3 is 2.50 bits per heavy atom.